The molecule has 0 spiro atoms. The predicted octanol–water partition coefficient (Wildman–Crippen LogP) is 3.10. The topological polar surface area (TPSA) is 134 Å². The van der Waals surface area contributed by atoms with Gasteiger partial charge < -0.3 is 33.5 Å². The second kappa shape index (κ2) is 21.4. The predicted molar refractivity (Wildman–Crippen MR) is 234 cm³/mol. The molecule has 4 fully saturated rings. The van der Waals surface area contributed by atoms with Crippen LogP contribution in [-0.4, -0.2) is 198 Å². The molecule has 0 radical (unpaired) electrons. The fourth-order valence-corrected chi connectivity index (χ4v) is 8.48. The summed E-state index contributed by atoms with van der Waals surface area (Å²) in [6, 6.07) is 15.7. The molecule has 2 unspecified atom stereocenters. The van der Waals surface area contributed by atoms with Crippen LogP contribution in [0.25, 0.3) is 0 Å². The average Bonchev–Trinajstić information content (AvgIpc) is 3.28. The Kier molecular flexibility index (Phi) is 16.3. The molecular formula is C46H68N6O9. The summed E-state index contributed by atoms with van der Waals surface area (Å²) in [5, 5.41) is 0. The van der Waals surface area contributed by atoms with Gasteiger partial charge in [-0.2, -0.15) is 0 Å². The summed E-state index contributed by atoms with van der Waals surface area (Å²) in [6.45, 7) is 23.8. The first-order chi connectivity index (χ1) is 29.2. The van der Waals surface area contributed by atoms with Crippen LogP contribution in [0.1, 0.15) is 62.3 Å². The van der Waals surface area contributed by atoms with Gasteiger partial charge in [-0.1, -0.05) is 0 Å². The number of nitrogens with zero attached hydrogens (tertiary/aromatic N) is 6. The molecule has 15 heteroatoms. The Balaban J connectivity index is 0.817. The second-order valence-corrected chi connectivity index (χ2v) is 17.7. The molecule has 0 saturated carbocycles. The number of hydrogen-bond donors (Lipinski definition) is 0. The second-order valence-electron chi connectivity index (χ2n) is 17.7. The highest BCUT2D eigenvalue weighted by molar-refractivity contribution is 6.03. The number of anilines is 2. The first-order valence-electron chi connectivity index (χ1n) is 22.1. The van der Waals surface area contributed by atoms with Gasteiger partial charge in [-0.3, -0.25) is 38.8 Å². The number of hydrogen-bond acceptors (Lipinski definition) is 15. The summed E-state index contributed by atoms with van der Waals surface area (Å²) < 4.78 is 28.0. The van der Waals surface area contributed by atoms with Crippen LogP contribution in [0.3, 0.4) is 0 Å². The van der Waals surface area contributed by atoms with Gasteiger partial charge >= 0.3 is 11.9 Å². The number of rotatable bonds is 18. The van der Waals surface area contributed by atoms with E-state index in [4.69, 9.17) is 23.7 Å². The summed E-state index contributed by atoms with van der Waals surface area (Å²) >= 11 is 0. The van der Waals surface area contributed by atoms with Crippen LogP contribution in [0.15, 0.2) is 48.5 Å². The quantitative estimate of drug-likeness (QED) is 0.161. The van der Waals surface area contributed by atoms with Gasteiger partial charge in [0.15, 0.2) is 11.6 Å². The summed E-state index contributed by atoms with van der Waals surface area (Å²) in [7, 11) is 0. The first kappa shape index (κ1) is 46.5. The van der Waals surface area contributed by atoms with Gasteiger partial charge in [-0.25, -0.2) is 0 Å². The molecule has 2 aromatic carbocycles. The van der Waals surface area contributed by atoms with E-state index in [0.717, 1.165) is 89.9 Å². The van der Waals surface area contributed by atoms with E-state index in [0.29, 0.717) is 37.6 Å². The molecule has 0 amide bonds. The lowest BCUT2D eigenvalue weighted by Crippen LogP contribution is -2.54. The molecule has 0 aliphatic carbocycles. The molecule has 61 heavy (non-hydrogen) atoms. The molecule has 6 rings (SSSR count). The molecule has 0 N–H and O–H groups in total. The lowest BCUT2D eigenvalue weighted by atomic mass is 9.90. The number of ketones is 2. The number of ether oxygens (including phenoxy) is 5. The number of esters is 2. The third-order valence-corrected chi connectivity index (χ3v) is 12.6. The van der Waals surface area contributed by atoms with E-state index in [1.165, 1.54) is 0 Å². The number of piperazine rings is 2. The van der Waals surface area contributed by atoms with Crippen LogP contribution < -0.4 is 9.80 Å². The Morgan fingerprint density at radius 1 is 0.541 bits per heavy atom. The average molecular weight is 849 g/mol. The Morgan fingerprint density at radius 3 is 1.34 bits per heavy atom. The Labute approximate surface area is 362 Å². The third kappa shape index (κ3) is 12.6. The maximum Gasteiger partial charge on any atom is 0.320 e. The van der Waals surface area contributed by atoms with Crippen molar-refractivity contribution in [3.63, 3.8) is 0 Å². The standard InChI is InChI=1S/C46H68N6O9/c1-35(33-60-41(53)31-47-15-19-49(20-16-47)39-11-7-37(8-12-39)43(55)45(3,4)51-23-27-57-28-24-51)59-34-36(2)61-42(54)32-48-17-21-50(22-18-48)40-13-9-38(10-14-40)44(56)46(5,6)52-25-29-58-30-26-52/h7-14,35-36H,15-34H2,1-6H3. The number of morpholine rings is 2. The van der Waals surface area contributed by atoms with E-state index in [1.54, 1.807) is 6.92 Å². The fourth-order valence-electron chi connectivity index (χ4n) is 8.48. The molecule has 0 bridgehead atoms. The maximum atomic E-state index is 13.4. The number of carbonyl (C=O) groups excluding carboxylic acids is 4. The molecule has 4 heterocycles. The van der Waals surface area contributed by atoms with Crippen LogP contribution in [0, 0.1) is 0 Å². The van der Waals surface area contributed by atoms with E-state index in [-0.39, 0.29) is 55.9 Å². The molecule has 2 aromatic rings. The number of Topliss-reactive ketones (excluding diaryl/α,β-unsaturated/α-hetero) is 2. The highest BCUT2D eigenvalue weighted by Gasteiger charge is 2.37. The van der Waals surface area contributed by atoms with E-state index >= 15 is 0 Å². The molecule has 4 aliphatic rings. The summed E-state index contributed by atoms with van der Waals surface area (Å²) in [5.41, 5.74) is 2.35. The first-order valence-corrected chi connectivity index (χ1v) is 22.1. The van der Waals surface area contributed by atoms with Crippen LogP contribution in [0.5, 0.6) is 0 Å². The van der Waals surface area contributed by atoms with Crippen molar-refractivity contribution in [2.75, 3.05) is 141 Å². The van der Waals surface area contributed by atoms with Crippen molar-refractivity contribution < 1.29 is 42.9 Å². The van der Waals surface area contributed by atoms with Crippen LogP contribution >= 0.6 is 0 Å². The summed E-state index contributed by atoms with van der Waals surface area (Å²) in [5.74, 6) is -0.381. The number of carbonyl (C=O) groups is 4. The lowest BCUT2D eigenvalue weighted by molar-refractivity contribution is -0.155. The molecule has 4 aliphatic heterocycles. The van der Waals surface area contributed by atoms with Crippen molar-refractivity contribution in [3.05, 3.63) is 59.7 Å². The largest absolute Gasteiger partial charge is 0.462 e. The van der Waals surface area contributed by atoms with E-state index in [2.05, 4.69) is 29.4 Å². The fraction of sp³-hybridized carbons (Fsp3) is 0.652. The van der Waals surface area contributed by atoms with Crippen molar-refractivity contribution in [3.8, 4) is 0 Å². The van der Waals surface area contributed by atoms with E-state index < -0.39 is 17.2 Å². The van der Waals surface area contributed by atoms with Crippen LogP contribution in [0.4, 0.5) is 11.4 Å². The van der Waals surface area contributed by atoms with Gasteiger partial charge in [0, 0.05) is 101 Å². The Hall–Kier alpha value is -3.96. The molecule has 4 saturated heterocycles. The summed E-state index contributed by atoms with van der Waals surface area (Å²) in [6.07, 6.45) is -0.802. The van der Waals surface area contributed by atoms with Gasteiger partial charge in [-0.15, -0.1) is 0 Å². The zero-order valence-electron chi connectivity index (χ0n) is 37.3. The highest BCUT2D eigenvalue weighted by atomic mass is 16.6. The van der Waals surface area contributed by atoms with Gasteiger partial charge in [0.25, 0.3) is 0 Å². The minimum atomic E-state index is -0.592. The minimum absolute atomic E-state index is 0.110. The molecule has 2 atom stereocenters. The molecular weight excluding hydrogens is 781 g/mol. The minimum Gasteiger partial charge on any atom is -0.462 e. The van der Waals surface area contributed by atoms with Crippen molar-refractivity contribution in [2.24, 2.45) is 0 Å². The third-order valence-electron chi connectivity index (χ3n) is 12.6. The monoisotopic (exact) mass is 849 g/mol. The zero-order chi connectivity index (χ0) is 43.6. The molecule has 0 aromatic heterocycles. The van der Waals surface area contributed by atoms with Gasteiger partial charge in [-0.05, 0) is 90.1 Å². The normalized spacial score (nSPS) is 20.2. The summed E-state index contributed by atoms with van der Waals surface area (Å²) in [4.78, 5) is 65.3. The Bertz CT molecular complexity index is 1750. The van der Waals surface area contributed by atoms with Crippen LogP contribution in [0.2, 0.25) is 0 Å². The number of benzene rings is 2. The van der Waals surface area contributed by atoms with Gasteiger partial charge in [0.1, 0.15) is 12.7 Å². The van der Waals surface area contributed by atoms with Gasteiger partial charge in [0.05, 0.1) is 63.3 Å². The highest BCUT2D eigenvalue weighted by Crippen LogP contribution is 2.26. The Morgan fingerprint density at radius 2 is 0.934 bits per heavy atom. The van der Waals surface area contributed by atoms with E-state index in [9.17, 15) is 19.2 Å². The van der Waals surface area contributed by atoms with Crippen molar-refractivity contribution in [2.45, 2.75) is 64.8 Å². The SMILES string of the molecule is CC(COC(=O)CN1CCN(c2ccc(C(=O)C(C)(C)N3CCOCC3)cc2)CC1)OCC(C)OC(=O)CN1CCN(c2ccc(C(=O)C(C)(C)N3CCOCC3)cc2)CC1. The van der Waals surface area contributed by atoms with Crippen molar-refractivity contribution >= 4 is 34.9 Å². The lowest BCUT2D eigenvalue weighted by Gasteiger charge is -2.39. The van der Waals surface area contributed by atoms with Crippen LogP contribution in [-0.2, 0) is 33.3 Å². The van der Waals surface area contributed by atoms with Crippen molar-refractivity contribution in [1.82, 2.24) is 19.6 Å². The zero-order valence-corrected chi connectivity index (χ0v) is 37.3. The molecule has 336 valence electrons. The maximum absolute atomic E-state index is 13.4. The molecule has 15 nitrogen and oxygen atoms in total. The smallest absolute Gasteiger partial charge is 0.320 e. The van der Waals surface area contributed by atoms with E-state index in [1.807, 2.05) is 83.1 Å². The van der Waals surface area contributed by atoms with Gasteiger partial charge in [0.2, 0.25) is 0 Å². The van der Waals surface area contributed by atoms with Crippen molar-refractivity contribution in [1.29, 1.82) is 0 Å².